The summed E-state index contributed by atoms with van der Waals surface area (Å²) >= 11 is 0. The first-order valence-electron chi connectivity index (χ1n) is 5.99. The SMILES string of the molecule is COC(=O)C(C)CS(=O)C1CCCC(C)C1. The summed E-state index contributed by atoms with van der Waals surface area (Å²) in [5.41, 5.74) is 0. The number of ether oxygens (including phenoxy) is 1. The number of carbonyl (C=O) groups excluding carboxylic acids is 1. The largest absolute Gasteiger partial charge is 0.469 e. The molecule has 1 aliphatic carbocycles. The van der Waals surface area contributed by atoms with Crippen LogP contribution in [0, 0.1) is 11.8 Å². The van der Waals surface area contributed by atoms with Crippen molar-refractivity contribution in [2.24, 2.45) is 11.8 Å². The third-order valence-electron chi connectivity index (χ3n) is 3.28. The van der Waals surface area contributed by atoms with Gasteiger partial charge in [0.25, 0.3) is 0 Å². The number of rotatable bonds is 4. The molecule has 0 aromatic rings. The minimum Gasteiger partial charge on any atom is -0.469 e. The molecule has 3 nitrogen and oxygen atoms in total. The fraction of sp³-hybridized carbons (Fsp3) is 0.917. The highest BCUT2D eigenvalue weighted by molar-refractivity contribution is 7.85. The molecule has 16 heavy (non-hydrogen) atoms. The third-order valence-corrected chi connectivity index (χ3v) is 5.28. The number of hydrogen-bond acceptors (Lipinski definition) is 3. The second kappa shape index (κ2) is 6.38. The lowest BCUT2D eigenvalue weighted by Gasteiger charge is -2.26. The van der Waals surface area contributed by atoms with Crippen molar-refractivity contribution in [3.05, 3.63) is 0 Å². The predicted octanol–water partition coefficient (Wildman–Crippen LogP) is 2.12. The van der Waals surface area contributed by atoms with Crippen LogP contribution in [0.2, 0.25) is 0 Å². The summed E-state index contributed by atoms with van der Waals surface area (Å²) in [6.45, 7) is 4.00. The Balaban J connectivity index is 2.42. The summed E-state index contributed by atoms with van der Waals surface area (Å²) < 4.78 is 16.7. The van der Waals surface area contributed by atoms with E-state index in [2.05, 4.69) is 11.7 Å². The standard InChI is InChI=1S/C12H22O3S/c1-9-5-4-6-11(7-9)16(14)8-10(2)12(13)15-3/h9-11H,4-8H2,1-3H3. The average molecular weight is 246 g/mol. The first-order chi connectivity index (χ1) is 7.54. The van der Waals surface area contributed by atoms with Gasteiger partial charge in [-0.3, -0.25) is 9.00 Å². The van der Waals surface area contributed by atoms with Crippen molar-refractivity contribution in [3.8, 4) is 0 Å². The molecule has 94 valence electrons. The van der Waals surface area contributed by atoms with Crippen LogP contribution in [-0.2, 0) is 20.3 Å². The molecule has 0 N–H and O–H groups in total. The molecule has 0 spiro atoms. The number of esters is 1. The molecule has 0 heterocycles. The third kappa shape index (κ3) is 3.89. The molecule has 1 saturated carbocycles. The fourth-order valence-electron chi connectivity index (χ4n) is 2.27. The normalized spacial score (nSPS) is 29.4. The number of methoxy groups -OCH3 is 1. The van der Waals surface area contributed by atoms with E-state index in [0.29, 0.717) is 11.7 Å². The summed E-state index contributed by atoms with van der Waals surface area (Å²) in [7, 11) is 0.499. The van der Waals surface area contributed by atoms with Gasteiger partial charge in [-0.05, 0) is 18.8 Å². The lowest BCUT2D eigenvalue weighted by molar-refractivity contribution is -0.144. The first-order valence-corrected chi connectivity index (χ1v) is 7.37. The Hall–Kier alpha value is -0.380. The van der Waals surface area contributed by atoms with E-state index in [1.807, 2.05) is 0 Å². The highest BCUT2D eigenvalue weighted by Gasteiger charge is 2.26. The highest BCUT2D eigenvalue weighted by Crippen LogP contribution is 2.27. The van der Waals surface area contributed by atoms with Gasteiger partial charge in [0.1, 0.15) is 0 Å². The molecule has 0 radical (unpaired) electrons. The van der Waals surface area contributed by atoms with Crippen LogP contribution in [0.1, 0.15) is 39.5 Å². The zero-order valence-electron chi connectivity index (χ0n) is 10.4. The minimum atomic E-state index is -0.880. The Morgan fingerprint density at radius 3 is 2.75 bits per heavy atom. The zero-order valence-corrected chi connectivity index (χ0v) is 11.2. The first kappa shape index (κ1) is 13.7. The molecule has 1 rings (SSSR count). The monoisotopic (exact) mass is 246 g/mol. The molecule has 0 aromatic carbocycles. The van der Waals surface area contributed by atoms with Crippen molar-refractivity contribution in [2.75, 3.05) is 12.9 Å². The van der Waals surface area contributed by atoms with Gasteiger partial charge in [0, 0.05) is 21.8 Å². The van der Waals surface area contributed by atoms with Crippen LogP contribution in [0.15, 0.2) is 0 Å². The van der Waals surface area contributed by atoms with Crippen LogP contribution >= 0.6 is 0 Å². The van der Waals surface area contributed by atoms with Gasteiger partial charge in [-0.1, -0.05) is 26.7 Å². The summed E-state index contributed by atoms with van der Waals surface area (Å²) in [6.07, 6.45) is 4.51. The molecule has 0 bridgehead atoms. The predicted molar refractivity (Wildman–Crippen MR) is 65.6 cm³/mol. The van der Waals surface area contributed by atoms with E-state index in [1.54, 1.807) is 6.92 Å². The van der Waals surface area contributed by atoms with Crippen LogP contribution in [0.5, 0.6) is 0 Å². The maximum Gasteiger partial charge on any atom is 0.309 e. The maximum atomic E-state index is 12.1. The lowest BCUT2D eigenvalue weighted by atomic mass is 9.91. The van der Waals surface area contributed by atoms with E-state index < -0.39 is 10.8 Å². The second-order valence-electron chi connectivity index (χ2n) is 4.87. The van der Waals surface area contributed by atoms with Gasteiger partial charge in [0.05, 0.1) is 13.0 Å². The molecule has 1 aliphatic rings. The van der Waals surface area contributed by atoms with Crippen molar-refractivity contribution >= 4 is 16.8 Å². The Morgan fingerprint density at radius 2 is 2.19 bits per heavy atom. The van der Waals surface area contributed by atoms with E-state index in [0.717, 1.165) is 12.8 Å². The van der Waals surface area contributed by atoms with E-state index >= 15 is 0 Å². The van der Waals surface area contributed by atoms with Gasteiger partial charge >= 0.3 is 5.97 Å². The van der Waals surface area contributed by atoms with Crippen molar-refractivity contribution in [3.63, 3.8) is 0 Å². The van der Waals surface area contributed by atoms with E-state index in [1.165, 1.54) is 20.0 Å². The van der Waals surface area contributed by atoms with Crippen LogP contribution < -0.4 is 0 Å². The summed E-state index contributed by atoms with van der Waals surface area (Å²) in [4.78, 5) is 11.2. The Kier molecular flexibility index (Phi) is 5.46. The molecule has 0 aromatic heterocycles. The van der Waals surface area contributed by atoms with Gasteiger partial charge in [-0.15, -0.1) is 0 Å². The molecular weight excluding hydrogens is 224 g/mol. The van der Waals surface area contributed by atoms with Crippen LogP contribution in [0.4, 0.5) is 0 Å². The molecule has 0 aliphatic heterocycles. The second-order valence-corrected chi connectivity index (χ2v) is 6.63. The Labute approximate surface area is 100 Å². The lowest BCUT2D eigenvalue weighted by Crippen LogP contribution is -2.29. The van der Waals surface area contributed by atoms with Gasteiger partial charge in [-0.25, -0.2) is 0 Å². The number of hydrogen-bond donors (Lipinski definition) is 0. The van der Waals surface area contributed by atoms with E-state index in [-0.39, 0.29) is 17.1 Å². The molecule has 0 saturated heterocycles. The Morgan fingerprint density at radius 1 is 1.50 bits per heavy atom. The highest BCUT2D eigenvalue weighted by atomic mass is 32.2. The van der Waals surface area contributed by atoms with Crippen LogP contribution in [0.3, 0.4) is 0 Å². The van der Waals surface area contributed by atoms with E-state index in [9.17, 15) is 9.00 Å². The van der Waals surface area contributed by atoms with Crippen molar-refractivity contribution in [1.29, 1.82) is 0 Å². The quantitative estimate of drug-likeness (QED) is 0.714. The van der Waals surface area contributed by atoms with Crippen molar-refractivity contribution in [1.82, 2.24) is 0 Å². The zero-order chi connectivity index (χ0) is 12.1. The van der Waals surface area contributed by atoms with Gasteiger partial charge in [0.15, 0.2) is 0 Å². The molecule has 4 atom stereocenters. The molecular formula is C12H22O3S. The van der Waals surface area contributed by atoms with Crippen LogP contribution in [0.25, 0.3) is 0 Å². The molecule has 4 heteroatoms. The molecule has 0 amide bonds. The van der Waals surface area contributed by atoms with Gasteiger partial charge in [-0.2, -0.15) is 0 Å². The number of carbonyl (C=O) groups is 1. The maximum absolute atomic E-state index is 12.1. The van der Waals surface area contributed by atoms with Crippen LogP contribution in [-0.4, -0.2) is 28.3 Å². The molecule has 1 fully saturated rings. The average Bonchev–Trinajstić information content (AvgIpc) is 2.27. The molecule has 4 unspecified atom stereocenters. The van der Waals surface area contributed by atoms with Gasteiger partial charge < -0.3 is 4.74 Å². The van der Waals surface area contributed by atoms with Crippen molar-refractivity contribution in [2.45, 2.75) is 44.8 Å². The summed E-state index contributed by atoms with van der Waals surface area (Å²) in [5.74, 6) is 0.626. The van der Waals surface area contributed by atoms with Gasteiger partial charge in [0.2, 0.25) is 0 Å². The smallest absolute Gasteiger partial charge is 0.309 e. The fourth-order valence-corrected chi connectivity index (χ4v) is 4.14. The minimum absolute atomic E-state index is 0.247. The van der Waals surface area contributed by atoms with E-state index in [4.69, 9.17) is 0 Å². The Bertz CT molecular complexity index is 265. The topological polar surface area (TPSA) is 43.4 Å². The summed E-state index contributed by atoms with van der Waals surface area (Å²) in [5, 5.41) is 0.288. The summed E-state index contributed by atoms with van der Waals surface area (Å²) in [6, 6.07) is 0. The van der Waals surface area contributed by atoms with Crippen molar-refractivity contribution < 1.29 is 13.7 Å².